The minimum atomic E-state index is -0.206. The molecule has 1 N–H and O–H groups in total. The van der Waals surface area contributed by atoms with Gasteiger partial charge >= 0.3 is 0 Å². The van der Waals surface area contributed by atoms with Gasteiger partial charge in [-0.3, -0.25) is 5.43 Å². The molecule has 94 valence electrons. The van der Waals surface area contributed by atoms with E-state index in [0.29, 0.717) is 11.0 Å². The van der Waals surface area contributed by atoms with Crippen LogP contribution in [0.5, 0.6) is 0 Å². The highest BCUT2D eigenvalue weighted by atomic mass is 79.9. The van der Waals surface area contributed by atoms with E-state index in [4.69, 9.17) is 0 Å². The first-order chi connectivity index (χ1) is 8.16. The van der Waals surface area contributed by atoms with Crippen molar-refractivity contribution in [1.82, 2.24) is 15.3 Å². The highest BCUT2D eigenvalue weighted by Gasteiger charge is 2.13. The summed E-state index contributed by atoms with van der Waals surface area (Å²) in [5, 5.41) is 2.19. The second-order valence-corrected chi connectivity index (χ2v) is 5.13. The van der Waals surface area contributed by atoms with Crippen LogP contribution >= 0.6 is 15.9 Å². The van der Waals surface area contributed by atoms with Gasteiger partial charge in [0.1, 0.15) is 5.82 Å². The number of nitrogens with one attached hydrogen (secondary N) is 1. The Hall–Kier alpha value is -0.490. The smallest absolute Gasteiger partial charge is 0.137 e. The molecular formula is C12H17BrFN3. The van der Waals surface area contributed by atoms with Crippen molar-refractivity contribution in [2.45, 2.75) is 6.54 Å². The minimum Gasteiger partial charge on any atom is -0.304 e. The molecule has 0 unspecified atom stereocenters. The van der Waals surface area contributed by atoms with Gasteiger partial charge in [-0.1, -0.05) is 12.1 Å². The number of hydrogen-bond donors (Lipinski definition) is 1. The molecule has 1 saturated heterocycles. The van der Waals surface area contributed by atoms with Gasteiger partial charge in [-0.05, 0) is 34.6 Å². The zero-order valence-corrected chi connectivity index (χ0v) is 11.5. The Balaban J connectivity index is 1.87. The number of halogens is 2. The summed E-state index contributed by atoms with van der Waals surface area (Å²) in [6.07, 6.45) is 0. The van der Waals surface area contributed by atoms with Crippen LogP contribution in [0.3, 0.4) is 0 Å². The Morgan fingerprint density at radius 1 is 1.29 bits per heavy atom. The molecule has 0 bridgehead atoms. The van der Waals surface area contributed by atoms with Crippen molar-refractivity contribution in [1.29, 1.82) is 0 Å². The van der Waals surface area contributed by atoms with Crippen molar-refractivity contribution < 1.29 is 4.39 Å². The molecule has 0 saturated carbocycles. The van der Waals surface area contributed by atoms with E-state index in [2.05, 4.69) is 38.3 Å². The van der Waals surface area contributed by atoms with E-state index in [1.165, 1.54) is 6.07 Å². The van der Waals surface area contributed by atoms with Gasteiger partial charge in [-0.15, -0.1) is 0 Å². The van der Waals surface area contributed by atoms with Crippen molar-refractivity contribution >= 4 is 15.9 Å². The third kappa shape index (κ3) is 3.48. The van der Waals surface area contributed by atoms with Crippen LogP contribution in [-0.2, 0) is 6.54 Å². The van der Waals surface area contributed by atoms with Crippen LogP contribution < -0.4 is 5.43 Å². The molecule has 1 aliphatic rings. The van der Waals surface area contributed by atoms with Crippen LogP contribution in [0.15, 0.2) is 22.7 Å². The van der Waals surface area contributed by atoms with Crippen molar-refractivity contribution in [3.05, 3.63) is 34.1 Å². The Bertz CT molecular complexity index is 378. The van der Waals surface area contributed by atoms with E-state index >= 15 is 0 Å². The fourth-order valence-corrected chi connectivity index (χ4v) is 2.25. The normalized spacial score (nSPS) is 18.5. The second kappa shape index (κ2) is 5.91. The predicted molar refractivity (Wildman–Crippen MR) is 70.0 cm³/mol. The van der Waals surface area contributed by atoms with Crippen LogP contribution in [0, 0.1) is 5.82 Å². The summed E-state index contributed by atoms with van der Waals surface area (Å²) in [4.78, 5) is 2.30. The highest BCUT2D eigenvalue weighted by Crippen LogP contribution is 2.20. The monoisotopic (exact) mass is 301 g/mol. The Morgan fingerprint density at radius 3 is 2.71 bits per heavy atom. The molecule has 1 heterocycles. The highest BCUT2D eigenvalue weighted by molar-refractivity contribution is 9.10. The zero-order valence-electron chi connectivity index (χ0n) is 9.92. The average Bonchev–Trinajstić information content (AvgIpc) is 2.33. The van der Waals surface area contributed by atoms with Crippen LogP contribution in [0.2, 0.25) is 0 Å². The number of hydrazine groups is 1. The van der Waals surface area contributed by atoms with Crippen LogP contribution in [0.25, 0.3) is 0 Å². The molecule has 5 heteroatoms. The first kappa shape index (κ1) is 13.0. The van der Waals surface area contributed by atoms with E-state index in [-0.39, 0.29) is 5.82 Å². The van der Waals surface area contributed by atoms with Crippen molar-refractivity contribution in [3.8, 4) is 0 Å². The lowest BCUT2D eigenvalue weighted by atomic mass is 10.2. The largest absolute Gasteiger partial charge is 0.304 e. The lowest BCUT2D eigenvalue weighted by Gasteiger charge is -2.32. The summed E-state index contributed by atoms with van der Waals surface area (Å²) >= 11 is 3.27. The van der Waals surface area contributed by atoms with Gasteiger partial charge in [-0.25, -0.2) is 9.40 Å². The SMILES string of the molecule is CN1CCN(NCc2cccc(F)c2Br)CC1. The minimum absolute atomic E-state index is 0.206. The van der Waals surface area contributed by atoms with Crippen LogP contribution in [0.4, 0.5) is 4.39 Å². The molecule has 1 aromatic carbocycles. The average molecular weight is 302 g/mol. The van der Waals surface area contributed by atoms with Crippen LogP contribution in [0.1, 0.15) is 5.56 Å². The van der Waals surface area contributed by atoms with Crippen molar-refractivity contribution in [2.24, 2.45) is 0 Å². The molecule has 0 spiro atoms. The molecule has 3 nitrogen and oxygen atoms in total. The van der Waals surface area contributed by atoms with Gasteiger partial charge in [0.25, 0.3) is 0 Å². The van der Waals surface area contributed by atoms with Gasteiger partial charge in [0.15, 0.2) is 0 Å². The fraction of sp³-hybridized carbons (Fsp3) is 0.500. The fourth-order valence-electron chi connectivity index (χ4n) is 1.85. The Kier molecular flexibility index (Phi) is 4.50. The number of piperazine rings is 1. The second-order valence-electron chi connectivity index (χ2n) is 4.34. The Morgan fingerprint density at radius 2 is 2.00 bits per heavy atom. The molecule has 1 fully saturated rings. The van der Waals surface area contributed by atoms with Crippen molar-refractivity contribution in [3.63, 3.8) is 0 Å². The van der Waals surface area contributed by atoms with E-state index in [1.807, 2.05) is 6.07 Å². The third-order valence-corrected chi connectivity index (χ3v) is 3.92. The summed E-state index contributed by atoms with van der Waals surface area (Å²) in [5.41, 5.74) is 4.28. The topological polar surface area (TPSA) is 18.5 Å². The maximum absolute atomic E-state index is 13.3. The summed E-state index contributed by atoms with van der Waals surface area (Å²) in [6, 6.07) is 5.13. The van der Waals surface area contributed by atoms with Gasteiger partial charge in [-0.2, -0.15) is 0 Å². The first-order valence-corrected chi connectivity index (χ1v) is 6.56. The maximum atomic E-state index is 13.3. The number of benzene rings is 1. The summed E-state index contributed by atoms with van der Waals surface area (Å²) in [7, 11) is 2.13. The summed E-state index contributed by atoms with van der Waals surface area (Å²) in [6.45, 7) is 4.80. The maximum Gasteiger partial charge on any atom is 0.137 e. The number of nitrogens with zero attached hydrogens (tertiary/aromatic N) is 2. The molecule has 0 atom stereocenters. The quantitative estimate of drug-likeness (QED) is 0.919. The number of likely N-dealkylation sites (N-methyl/N-ethyl adjacent to an activating group) is 1. The molecule has 0 radical (unpaired) electrons. The molecular weight excluding hydrogens is 285 g/mol. The molecule has 2 rings (SSSR count). The van der Waals surface area contributed by atoms with Gasteiger partial charge in [0, 0.05) is 32.7 Å². The number of rotatable bonds is 3. The molecule has 0 amide bonds. The number of hydrogen-bond acceptors (Lipinski definition) is 3. The van der Waals surface area contributed by atoms with Gasteiger partial charge in [0.2, 0.25) is 0 Å². The van der Waals surface area contributed by atoms with Gasteiger partial charge < -0.3 is 4.90 Å². The standard InChI is InChI=1S/C12H17BrFN3/c1-16-5-7-17(8-6-16)15-9-10-3-2-4-11(14)12(10)13/h2-4,15H,5-9H2,1H3. The lowest BCUT2D eigenvalue weighted by molar-refractivity contribution is 0.102. The lowest BCUT2D eigenvalue weighted by Crippen LogP contribution is -2.50. The molecule has 1 aliphatic heterocycles. The first-order valence-electron chi connectivity index (χ1n) is 5.76. The van der Waals surface area contributed by atoms with E-state index in [9.17, 15) is 4.39 Å². The van der Waals surface area contributed by atoms with E-state index in [0.717, 1.165) is 31.7 Å². The molecule has 1 aromatic rings. The molecule has 0 aliphatic carbocycles. The van der Waals surface area contributed by atoms with Crippen molar-refractivity contribution in [2.75, 3.05) is 33.2 Å². The van der Waals surface area contributed by atoms with Gasteiger partial charge in [0.05, 0.1) is 4.47 Å². The van der Waals surface area contributed by atoms with E-state index < -0.39 is 0 Å². The van der Waals surface area contributed by atoms with Crippen LogP contribution in [-0.4, -0.2) is 43.1 Å². The predicted octanol–water partition coefficient (Wildman–Crippen LogP) is 1.84. The zero-order chi connectivity index (χ0) is 12.3. The Labute approximate surface area is 110 Å². The summed E-state index contributed by atoms with van der Waals surface area (Å²) < 4.78 is 13.9. The molecule has 0 aromatic heterocycles. The van der Waals surface area contributed by atoms with E-state index in [1.54, 1.807) is 6.07 Å². The molecule has 17 heavy (non-hydrogen) atoms. The third-order valence-electron chi connectivity index (χ3n) is 3.03. The summed E-state index contributed by atoms with van der Waals surface area (Å²) in [5.74, 6) is -0.206.